The van der Waals surface area contributed by atoms with Crippen LogP contribution in [0.25, 0.3) is 0 Å². The van der Waals surface area contributed by atoms with E-state index >= 15 is 0 Å². The smallest absolute Gasteiger partial charge is 0.316 e. The number of nitrogens with one attached hydrogen (secondary N) is 1. The molecule has 21 heavy (non-hydrogen) atoms. The van der Waals surface area contributed by atoms with Gasteiger partial charge in [0.1, 0.15) is 0 Å². The lowest BCUT2D eigenvalue weighted by molar-refractivity contribution is 0.292. The molecule has 1 saturated heterocycles. The van der Waals surface area contributed by atoms with Gasteiger partial charge in [-0.05, 0) is 19.9 Å². The number of likely N-dealkylation sites (N-methyl/N-ethyl adjacent to an activating group) is 1. The first kappa shape index (κ1) is 15.9. The summed E-state index contributed by atoms with van der Waals surface area (Å²) in [5.74, 6) is 0. The molecule has 1 aliphatic rings. The van der Waals surface area contributed by atoms with Crippen LogP contribution in [0.3, 0.4) is 0 Å². The van der Waals surface area contributed by atoms with E-state index in [1.165, 1.54) is 18.4 Å². The molecule has 2 heterocycles. The molecule has 1 aromatic heterocycles. The lowest BCUT2D eigenvalue weighted by Gasteiger charge is -2.31. The molecule has 9 heteroatoms. The minimum absolute atomic E-state index is 0.0740. The van der Waals surface area contributed by atoms with Crippen LogP contribution >= 0.6 is 0 Å². The van der Waals surface area contributed by atoms with Crippen LogP contribution in [0.2, 0.25) is 0 Å². The maximum Gasteiger partial charge on any atom is 0.330 e. The summed E-state index contributed by atoms with van der Waals surface area (Å²) in [6.07, 6.45) is 2.73. The first-order valence-electron chi connectivity index (χ1n) is 6.73. The van der Waals surface area contributed by atoms with Crippen molar-refractivity contribution in [3.63, 3.8) is 0 Å². The minimum atomic E-state index is -3.90. The lowest BCUT2D eigenvalue weighted by atomic mass is 10.1. The zero-order valence-electron chi connectivity index (χ0n) is 12.4. The molecule has 1 atom stereocenters. The van der Waals surface area contributed by atoms with E-state index in [2.05, 4.69) is 5.32 Å². The molecule has 1 aliphatic heterocycles. The summed E-state index contributed by atoms with van der Waals surface area (Å²) in [6, 6.07) is 0.0740. The number of hydrogen-bond acceptors (Lipinski definition) is 5. The van der Waals surface area contributed by atoms with Gasteiger partial charge in [-0.1, -0.05) is 0 Å². The number of piperidine rings is 1. The monoisotopic (exact) mass is 316 g/mol. The Bertz CT molecular complexity index is 750. The van der Waals surface area contributed by atoms with Gasteiger partial charge in [0.25, 0.3) is 5.56 Å². The highest BCUT2D eigenvalue weighted by atomic mass is 32.2. The van der Waals surface area contributed by atoms with Crippen molar-refractivity contribution in [2.45, 2.75) is 23.8 Å². The molecule has 0 bridgehead atoms. The third kappa shape index (κ3) is 2.81. The molecule has 0 saturated carbocycles. The van der Waals surface area contributed by atoms with E-state index in [9.17, 15) is 18.0 Å². The van der Waals surface area contributed by atoms with Crippen molar-refractivity contribution in [1.82, 2.24) is 18.8 Å². The van der Waals surface area contributed by atoms with Crippen molar-refractivity contribution in [3.05, 3.63) is 27.0 Å². The average molecular weight is 316 g/mol. The maximum absolute atomic E-state index is 12.7. The molecule has 2 rings (SSSR count). The van der Waals surface area contributed by atoms with Crippen LogP contribution < -0.4 is 16.6 Å². The third-order valence-corrected chi connectivity index (χ3v) is 5.67. The fourth-order valence-corrected chi connectivity index (χ4v) is 4.16. The van der Waals surface area contributed by atoms with Crippen LogP contribution in [0.5, 0.6) is 0 Å². The summed E-state index contributed by atoms with van der Waals surface area (Å²) in [6.45, 7) is 0.706. The molecule has 1 aromatic rings. The van der Waals surface area contributed by atoms with Gasteiger partial charge in [0, 0.05) is 39.4 Å². The summed E-state index contributed by atoms with van der Waals surface area (Å²) < 4.78 is 28.5. The Balaban J connectivity index is 2.50. The van der Waals surface area contributed by atoms with Crippen molar-refractivity contribution >= 4 is 10.0 Å². The quantitative estimate of drug-likeness (QED) is 0.729. The predicted octanol–water partition coefficient (Wildman–Crippen LogP) is -1.54. The number of aromatic nitrogens is 2. The highest BCUT2D eigenvalue weighted by Gasteiger charge is 2.32. The molecule has 1 fully saturated rings. The van der Waals surface area contributed by atoms with Gasteiger partial charge in [-0.25, -0.2) is 13.2 Å². The van der Waals surface area contributed by atoms with Crippen molar-refractivity contribution in [1.29, 1.82) is 0 Å². The molecule has 118 valence electrons. The van der Waals surface area contributed by atoms with E-state index in [1.807, 2.05) is 0 Å². The topological polar surface area (TPSA) is 93.4 Å². The highest BCUT2D eigenvalue weighted by molar-refractivity contribution is 7.89. The summed E-state index contributed by atoms with van der Waals surface area (Å²) >= 11 is 0. The third-order valence-electron chi connectivity index (χ3n) is 3.83. The highest BCUT2D eigenvalue weighted by Crippen LogP contribution is 2.18. The molecule has 0 aliphatic carbocycles. The van der Waals surface area contributed by atoms with Crippen LogP contribution in [-0.4, -0.2) is 48.0 Å². The van der Waals surface area contributed by atoms with Gasteiger partial charge < -0.3 is 9.88 Å². The fraction of sp³-hybridized carbons (Fsp3) is 0.667. The van der Waals surface area contributed by atoms with Gasteiger partial charge in [-0.15, -0.1) is 0 Å². The summed E-state index contributed by atoms with van der Waals surface area (Å²) in [5, 5.41) is 3.06. The Labute approximate surface area is 123 Å². The number of rotatable bonds is 3. The average Bonchev–Trinajstić information content (AvgIpc) is 2.48. The Morgan fingerprint density at radius 3 is 2.57 bits per heavy atom. The zero-order valence-corrected chi connectivity index (χ0v) is 13.2. The molecule has 0 aromatic carbocycles. The predicted molar refractivity (Wildman–Crippen MR) is 77.8 cm³/mol. The Hall–Kier alpha value is -1.45. The standard InChI is InChI=1S/C12H20N4O4S/c1-13-9-5-4-6-16(7-9)21(19,20)10-8-14(2)12(18)15(3)11(10)17/h8-9,13H,4-7H2,1-3H3. The largest absolute Gasteiger partial charge is 0.330 e. The Kier molecular flexibility index (Phi) is 4.35. The van der Waals surface area contributed by atoms with E-state index in [-0.39, 0.29) is 10.9 Å². The molecular formula is C12H20N4O4S. The van der Waals surface area contributed by atoms with Crippen LogP contribution in [-0.2, 0) is 24.1 Å². The summed E-state index contributed by atoms with van der Waals surface area (Å²) in [7, 11) is 0.585. The normalized spacial score (nSPS) is 20.6. The fourth-order valence-electron chi connectivity index (χ4n) is 2.49. The summed E-state index contributed by atoms with van der Waals surface area (Å²) in [4.78, 5) is 23.4. The molecule has 1 N–H and O–H groups in total. The lowest BCUT2D eigenvalue weighted by Crippen LogP contribution is -2.49. The van der Waals surface area contributed by atoms with Gasteiger partial charge in [0.05, 0.1) is 0 Å². The van der Waals surface area contributed by atoms with Gasteiger partial charge in [0.15, 0.2) is 4.90 Å². The van der Waals surface area contributed by atoms with Crippen LogP contribution in [0.4, 0.5) is 0 Å². The Morgan fingerprint density at radius 2 is 1.95 bits per heavy atom. The molecule has 0 spiro atoms. The van der Waals surface area contributed by atoms with Gasteiger partial charge in [0.2, 0.25) is 10.0 Å². The number of hydrogen-bond donors (Lipinski definition) is 1. The van der Waals surface area contributed by atoms with Crippen molar-refractivity contribution in [2.24, 2.45) is 14.1 Å². The number of nitrogens with zero attached hydrogens (tertiary/aromatic N) is 3. The van der Waals surface area contributed by atoms with Gasteiger partial charge in [-0.3, -0.25) is 9.36 Å². The van der Waals surface area contributed by atoms with Gasteiger partial charge >= 0.3 is 5.69 Å². The van der Waals surface area contributed by atoms with E-state index in [0.717, 1.165) is 28.2 Å². The number of aryl methyl sites for hydroxylation is 1. The first-order valence-corrected chi connectivity index (χ1v) is 8.17. The van der Waals surface area contributed by atoms with Crippen molar-refractivity contribution in [2.75, 3.05) is 20.1 Å². The molecular weight excluding hydrogens is 296 g/mol. The van der Waals surface area contributed by atoms with Crippen LogP contribution in [0, 0.1) is 0 Å². The molecule has 0 amide bonds. The van der Waals surface area contributed by atoms with E-state index in [0.29, 0.717) is 13.1 Å². The zero-order chi connectivity index (χ0) is 15.8. The molecule has 1 unspecified atom stereocenters. The molecule has 8 nitrogen and oxygen atoms in total. The second-order valence-electron chi connectivity index (χ2n) is 5.24. The Morgan fingerprint density at radius 1 is 1.29 bits per heavy atom. The van der Waals surface area contributed by atoms with Crippen molar-refractivity contribution in [3.8, 4) is 0 Å². The first-order chi connectivity index (χ1) is 9.78. The van der Waals surface area contributed by atoms with Crippen LogP contribution in [0.15, 0.2) is 20.7 Å². The van der Waals surface area contributed by atoms with E-state index in [1.54, 1.807) is 7.05 Å². The van der Waals surface area contributed by atoms with E-state index < -0.39 is 21.3 Å². The minimum Gasteiger partial charge on any atom is -0.316 e. The van der Waals surface area contributed by atoms with Crippen molar-refractivity contribution < 1.29 is 8.42 Å². The molecule has 0 radical (unpaired) electrons. The number of sulfonamides is 1. The second kappa shape index (κ2) is 5.74. The maximum atomic E-state index is 12.7. The summed E-state index contributed by atoms with van der Waals surface area (Å²) in [5.41, 5.74) is -1.34. The van der Waals surface area contributed by atoms with Gasteiger partial charge in [-0.2, -0.15) is 4.31 Å². The van der Waals surface area contributed by atoms with Crippen LogP contribution in [0.1, 0.15) is 12.8 Å². The second-order valence-corrected chi connectivity index (χ2v) is 7.15. The van der Waals surface area contributed by atoms with E-state index in [4.69, 9.17) is 0 Å². The SMILES string of the molecule is CNC1CCCN(S(=O)(=O)c2cn(C)c(=O)n(C)c2=O)C1.